The van der Waals surface area contributed by atoms with Crippen LogP contribution >= 0.6 is 0 Å². The van der Waals surface area contributed by atoms with Crippen LogP contribution in [0.15, 0.2) is 65.3 Å². The number of aliphatic imine (C=N–C) groups is 1. The summed E-state index contributed by atoms with van der Waals surface area (Å²) in [4.78, 5) is 14.0. The smallest absolute Gasteiger partial charge is 0.395 e. The number of allylic oxidation sites excluding steroid dienone is 2. The number of nitro groups is 1. The van der Waals surface area contributed by atoms with Crippen molar-refractivity contribution in [2.75, 3.05) is 0 Å². The summed E-state index contributed by atoms with van der Waals surface area (Å²) in [6, 6.07) is 9.52. The highest BCUT2D eigenvalue weighted by Crippen LogP contribution is 2.24. The molecule has 9 heteroatoms. The highest BCUT2D eigenvalue weighted by molar-refractivity contribution is 6.10. The number of hydrogen-bond donors (Lipinski definition) is 1. The van der Waals surface area contributed by atoms with Gasteiger partial charge in [0, 0.05) is 17.7 Å². The maximum Gasteiger partial charge on any atom is 0.430 e. The number of hydrogen-bond acceptors (Lipinski definition) is 4. The number of rotatable bonds is 4. The van der Waals surface area contributed by atoms with E-state index in [1.807, 2.05) is 0 Å². The lowest BCUT2D eigenvalue weighted by Crippen LogP contribution is -2.20. The Kier molecular flexibility index (Phi) is 5.16. The van der Waals surface area contributed by atoms with Crippen LogP contribution in [-0.2, 0) is 0 Å². The molecule has 0 spiro atoms. The molecule has 0 saturated heterocycles. The molecule has 0 heterocycles. The van der Waals surface area contributed by atoms with Gasteiger partial charge in [0.25, 0.3) is 5.69 Å². The Morgan fingerprint density at radius 3 is 2.12 bits per heavy atom. The number of nitro benzene ring substituents is 1. The summed E-state index contributed by atoms with van der Waals surface area (Å²) in [5.41, 5.74) is 3.68. The molecule has 0 atom stereocenters. The molecule has 2 aromatic carbocycles. The lowest BCUT2D eigenvalue weighted by atomic mass is 10.1. The van der Waals surface area contributed by atoms with E-state index in [0.29, 0.717) is 6.08 Å². The fraction of sp³-hybridized carbons (Fsp3) is 0.0625. The monoisotopic (exact) mass is 353 g/mol. The molecular formula is C16H11F4N3O2. The normalized spacial score (nSPS) is 13.0. The van der Waals surface area contributed by atoms with Gasteiger partial charge in [-0.05, 0) is 42.5 Å². The van der Waals surface area contributed by atoms with Crippen LogP contribution < -0.4 is 5.73 Å². The van der Waals surface area contributed by atoms with Crippen LogP contribution in [0.4, 0.5) is 28.9 Å². The summed E-state index contributed by atoms with van der Waals surface area (Å²) in [6.45, 7) is 0. The van der Waals surface area contributed by atoms with Crippen molar-refractivity contribution in [1.29, 1.82) is 0 Å². The zero-order valence-electron chi connectivity index (χ0n) is 12.5. The number of non-ortho nitro benzene ring substituents is 1. The van der Waals surface area contributed by atoms with E-state index < -0.39 is 22.6 Å². The first-order valence-electron chi connectivity index (χ1n) is 6.80. The first-order valence-corrected chi connectivity index (χ1v) is 6.80. The molecule has 25 heavy (non-hydrogen) atoms. The quantitative estimate of drug-likeness (QED) is 0.386. The van der Waals surface area contributed by atoms with Crippen molar-refractivity contribution in [1.82, 2.24) is 0 Å². The average Bonchev–Trinajstić information content (AvgIpc) is 2.54. The molecule has 0 unspecified atom stereocenters. The van der Waals surface area contributed by atoms with Crippen LogP contribution in [0.2, 0.25) is 0 Å². The summed E-state index contributed by atoms with van der Waals surface area (Å²) >= 11 is 0. The molecular weight excluding hydrogens is 342 g/mol. The molecule has 0 aliphatic heterocycles. The topological polar surface area (TPSA) is 81.5 Å². The molecule has 0 amide bonds. The third kappa shape index (κ3) is 4.87. The van der Waals surface area contributed by atoms with E-state index in [1.165, 1.54) is 24.3 Å². The molecule has 0 fully saturated rings. The van der Waals surface area contributed by atoms with Crippen molar-refractivity contribution < 1.29 is 22.5 Å². The minimum Gasteiger partial charge on any atom is -0.395 e. The van der Waals surface area contributed by atoms with E-state index in [9.17, 15) is 27.7 Å². The Balaban J connectivity index is 2.50. The van der Waals surface area contributed by atoms with Crippen molar-refractivity contribution in [3.8, 4) is 0 Å². The Morgan fingerprint density at radius 2 is 1.64 bits per heavy atom. The van der Waals surface area contributed by atoms with Gasteiger partial charge in [-0.3, -0.25) is 10.1 Å². The summed E-state index contributed by atoms with van der Waals surface area (Å²) < 4.78 is 51.1. The molecule has 0 bridgehead atoms. The number of benzene rings is 2. The van der Waals surface area contributed by atoms with Crippen LogP contribution in [-0.4, -0.2) is 16.8 Å². The Morgan fingerprint density at radius 1 is 1.08 bits per heavy atom. The second-order valence-corrected chi connectivity index (χ2v) is 4.87. The van der Waals surface area contributed by atoms with Crippen LogP contribution in [0.1, 0.15) is 5.56 Å². The van der Waals surface area contributed by atoms with Gasteiger partial charge in [0.1, 0.15) is 11.5 Å². The highest BCUT2D eigenvalue weighted by Gasteiger charge is 2.31. The van der Waals surface area contributed by atoms with Gasteiger partial charge in [-0.25, -0.2) is 9.38 Å². The molecule has 5 nitrogen and oxygen atoms in total. The van der Waals surface area contributed by atoms with E-state index in [4.69, 9.17) is 5.73 Å². The van der Waals surface area contributed by atoms with Gasteiger partial charge in [0.05, 0.1) is 16.3 Å². The third-order valence-corrected chi connectivity index (χ3v) is 3.07. The van der Waals surface area contributed by atoms with Gasteiger partial charge in [0.15, 0.2) is 0 Å². The minimum atomic E-state index is -4.75. The van der Waals surface area contributed by atoms with Gasteiger partial charge in [0.2, 0.25) is 0 Å². The zero-order valence-corrected chi connectivity index (χ0v) is 12.5. The Labute approximate surface area is 139 Å². The van der Waals surface area contributed by atoms with Crippen molar-refractivity contribution in [3.05, 3.63) is 81.8 Å². The number of alkyl halides is 3. The van der Waals surface area contributed by atoms with Gasteiger partial charge >= 0.3 is 6.18 Å². The van der Waals surface area contributed by atoms with Crippen LogP contribution in [0, 0.1) is 15.9 Å². The first kappa shape index (κ1) is 18.1. The second kappa shape index (κ2) is 7.12. The van der Waals surface area contributed by atoms with Gasteiger partial charge in [-0.1, -0.05) is 0 Å². The average molecular weight is 353 g/mol. The molecule has 0 aliphatic carbocycles. The molecule has 2 rings (SSSR count). The minimum absolute atomic E-state index is 0.163. The molecule has 130 valence electrons. The molecule has 2 N–H and O–H groups in total. The molecule has 0 aliphatic rings. The fourth-order valence-corrected chi connectivity index (χ4v) is 1.82. The van der Waals surface area contributed by atoms with Crippen molar-refractivity contribution in [3.63, 3.8) is 0 Å². The highest BCUT2D eigenvalue weighted by atomic mass is 19.4. The van der Waals surface area contributed by atoms with Crippen molar-refractivity contribution in [2.45, 2.75) is 6.18 Å². The maximum absolute atomic E-state index is 13.0. The van der Waals surface area contributed by atoms with Crippen LogP contribution in [0.25, 0.3) is 0 Å². The van der Waals surface area contributed by atoms with Gasteiger partial charge < -0.3 is 5.73 Å². The van der Waals surface area contributed by atoms with E-state index >= 15 is 0 Å². The van der Waals surface area contributed by atoms with Crippen LogP contribution in [0.3, 0.4) is 0 Å². The van der Waals surface area contributed by atoms with Crippen molar-refractivity contribution in [2.24, 2.45) is 10.7 Å². The lowest BCUT2D eigenvalue weighted by molar-refractivity contribution is -0.384. The van der Waals surface area contributed by atoms with Gasteiger partial charge in [-0.2, -0.15) is 13.2 Å². The maximum atomic E-state index is 13.0. The second-order valence-electron chi connectivity index (χ2n) is 4.87. The van der Waals surface area contributed by atoms with Crippen molar-refractivity contribution >= 4 is 17.1 Å². The largest absolute Gasteiger partial charge is 0.430 e. The predicted molar refractivity (Wildman–Crippen MR) is 84.0 cm³/mol. The standard InChI is InChI=1S/C16H11F4N3O2/c17-11-3-1-10(2-4-11)14(9-15(21)16(18,19)20)22-12-5-7-13(8-6-12)23(24)25/h1-9H,21H2. The van der Waals surface area contributed by atoms with E-state index in [1.54, 1.807) is 0 Å². The number of halogens is 4. The van der Waals surface area contributed by atoms with Gasteiger partial charge in [-0.15, -0.1) is 0 Å². The first-order chi connectivity index (χ1) is 11.7. The SMILES string of the molecule is NC(=CC(=Nc1ccc([N+](=O)[O-])cc1)c1ccc(F)cc1)C(F)(F)F. The lowest BCUT2D eigenvalue weighted by Gasteiger charge is -2.08. The predicted octanol–water partition coefficient (Wildman–Crippen LogP) is 4.26. The van der Waals surface area contributed by atoms with E-state index in [-0.39, 0.29) is 22.6 Å². The Bertz CT molecular complexity index is 826. The van der Waals surface area contributed by atoms with E-state index in [2.05, 4.69) is 4.99 Å². The molecule has 0 radical (unpaired) electrons. The number of nitrogens with two attached hydrogens (primary N) is 1. The molecule has 0 aromatic heterocycles. The molecule has 2 aromatic rings. The Hall–Kier alpha value is -3.23. The van der Waals surface area contributed by atoms with Crippen LogP contribution in [0.5, 0.6) is 0 Å². The molecule has 0 saturated carbocycles. The summed E-state index contributed by atoms with van der Waals surface area (Å²) in [5, 5.41) is 10.6. The summed E-state index contributed by atoms with van der Waals surface area (Å²) in [7, 11) is 0. The fourth-order valence-electron chi connectivity index (χ4n) is 1.82. The number of nitrogens with zero attached hydrogens (tertiary/aromatic N) is 2. The van der Waals surface area contributed by atoms with E-state index in [0.717, 1.165) is 24.3 Å². The summed E-state index contributed by atoms with van der Waals surface area (Å²) in [6.07, 6.45) is -4.13. The third-order valence-electron chi connectivity index (χ3n) is 3.07. The zero-order chi connectivity index (χ0) is 18.6. The summed E-state index contributed by atoms with van der Waals surface area (Å²) in [5.74, 6) is -0.564.